The Balaban J connectivity index is 1.53. The van der Waals surface area contributed by atoms with Gasteiger partial charge in [-0.1, -0.05) is 35.3 Å². The van der Waals surface area contributed by atoms with Gasteiger partial charge in [-0.2, -0.15) is 0 Å². The van der Waals surface area contributed by atoms with Gasteiger partial charge in [0, 0.05) is 11.1 Å². The van der Waals surface area contributed by atoms with Crippen LogP contribution in [-0.4, -0.2) is 48.6 Å². The van der Waals surface area contributed by atoms with Gasteiger partial charge in [-0.15, -0.1) is 0 Å². The average molecular weight is 528 g/mol. The van der Waals surface area contributed by atoms with Crippen LogP contribution in [0.4, 0.5) is 5.69 Å². The van der Waals surface area contributed by atoms with Crippen molar-refractivity contribution in [3.05, 3.63) is 75.8 Å². The third-order valence-corrected chi connectivity index (χ3v) is 5.90. The molecule has 0 aliphatic rings. The lowest BCUT2D eigenvalue weighted by molar-refractivity contribution is -0.142. The normalized spacial score (nSPS) is 10.7. The Labute approximate surface area is 215 Å². The van der Waals surface area contributed by atoms with Gasteiger partial charge in [-0.05, 0) is 42.5 Å². The molecule has 4 aromatic rings. The number of aromatic nitrogens is 2. The number of hydrogen-bond donors (Lipinski definition) is 2. The van der Waals surface area contributed by atoms with Crippen LogP contribution in [0, 0.1) is 0 Å². The molecule has 9 nitrogen and oxygen atoms in total. The molecule has 3 aromatic carbocycles. The Morgan fingerprint density at radius 1 is 0.944 bits per heavy atom. The summed E-state index contributed by atoms with van der Waals surface area (Å²) in [6, 6.07) is 14.5. The summed E-state index contributed by atoms with van der Waals surface area (Å²) >= 11 is 12.1. The van der Waals surface area contributed by atoms with E-state index < -0.39 is 17.8 Å². The fourth-order valence-corrected chi connectivity index (χ4v) is 3.64. The molecule has 184 valence electrons. The van der Waals surface area contributed by atoms with Crippen molar-refractivity contribution in [1.82, 2.24) is 9.97 Å². The topological polar surface area (TPSA) is 120 Å². The summed E-state index contributed by atoms with van der Waals surface area (Å²) in [6.45, 7) is -0.333. The second-order valence-corrected chi connectivity index (χ2v) is 8.28. The van der Waals surface area contributed by atoms with E-state index in [2.05, 4.69) is 20.0 Å². The van der Waals surface area contributed by atoms with Crippen LogP contribution in [0.2, 0.25) is 10.0 Å². The van der Waals surface area contributed by atoms with Crippen molar-refractivity contribution in [3.8, 4) is 17.1 Å². The van der Waals surface area contributed by atoms with Crippen molar-refractivity contribution in [2.75, 3.05) is 26.1 Å². The molecule has 0 fully saturated rings. The van der Waals surface area contributed by atoms with Crippen molar-refractivity contribution in [2.45, 2.75) is 0 Å². The fourth-order valence-electron chi connectivity index (χ4n) is 3.32. The molecular formula is C25H19Cl2N3O6. The zero-order valence-electron chi connectivity index (χ0n) is 19.1. The Morgan fingerprint density at radius 2 is 1.67 bits per heavy atom. The average Bonchev–Trinajstić information content (AvgIpc) is 3.30. The number of ether oxygens (including phenoxy) is 3. The number of amides is 1. The van der Waals surface area contributed by atoms with E-state index in [9.17, 15) is 14.4 Å². The maximum atomic E-state index is 12.9. The summed E-state index contributed by atoms with van der Waals surface area (Å²) in [6.07, 6.45) is 0. The highest BCUT2D eigenvalue weighted by molar-refractivity contribution is 6.42. The number of carbonyl (C=O) groups excluding carboxylic acids is 3. The molecule has 0 atom stereocenters. The van der Waals surface area contributed by atoms with E-state index in [1.165, 1.54) is 32.4 Å². The number of esters is 2. The Bertz CT molecular complexity index is 1430. The number of hydrogen-bond acceptors (Lipinski definition) is 7. The standard InChI is InChI=1S/C25H19Cl2N3O6/c1-34-22(31)12-36-15-7-8-19(16(9-15)25(33)35-2)30-24(32)14-5-3-13(4-6-14)23-28-20-10-17(26)18(27)11-21(20)29-23/h3-11H,12H2,1-2H3,(H,28,29)(H,30,32). The van der Waals surface area contributed by atoms with Crippen LogP contribution in [0.15, 0.2) is 54.6 Å². The molecule has 1 heterocycles. The largest absolute Gasteiger partial charge is 0.482 e. The molecule has 0 aliphatic carbocycles. The van der Waals surface area contributed by atoms with Crippen LogP contribution in [0.5, 0.6) is 5.75 Å². The number of halogens is 2. The van der Waals surface area contributed by atoms with Crippen LogP contribution >= 0.6 is 23.2 Å². The van der Waals surface area contributed by atoms with E-state index in [4.69, 9.17) is 32.7 Å². The number of anilines is 1. The van der Waals surface area contributed by atoms with Crippen LogP contribution in [-0.2, 0) is 14.3 Å². The van der Waals surface area contributed by atoms with E-state index in [1.54, 1.807) is 36.4 Å². The smallest absolute Gasteiger partial charge is 0.343 e. The van der Waals surface area contributed by atoms with Gasteiger partial charge >= 0.3 is 11.9 Å². The van der Waals surface area contributed by atoms with Crippen molar-refractivity contribution < 1.29 is 28.6 Å². The summed E-state index contributed by atoms with van der Waals surface area (Å²) in [4.78, 5) is 44.1. The van der Waals surface area contributed by atoms with Gasteiger partial charge in [0.1, 0.15) is 11.6 Å². The highest BCUT2D eigenvalue weighted by atomic mass is 35.5. The second-order valence-electron chi connectivity index (χ2n) is 7.46. The van der Waals surface area contributed by atoms with Gasteiger partial charge < -0.3 is 24.5 Å². The lowest BCUT2D eigenvalue weighted by Gasteiger charge is -2.12. The zero-order chi connectivity index (χ0) is 25.8. The Kier molecular flexibility index (Phi) is 7.42. The molecular weight excluding hydrogens is 509 g/mol. The number of nitrogens with zero attached hydrogens (tertiary/aromatic N) is 1. The molecule has 0 aliphatic heterocycles. The first-order chi connectivity index (χ1) is 17.3. The number of carbonyl (C=O) groups is 3. The molecule has 0 radical (unpaired) electrons. The highest BCUT2D eigenvalue weighted by Crippen LogP contribution is 2.29. The van der Waals surface area contributed by atoms with E-state index in [-0.39, 0.29) is 23.6 Å². The van der Waals surface area contributed by atoms with E-state index >= 15 is 0 Å². The molecule has 0 spiro atoms. The quantitative estimate of drug-likeness (QED) is 0.319. The Morgan fingerprint density at radius 3 is 2.36 bits per heavy atom. The molecule has 11 heteroatoms. The lowest BCUT2D eigenvalue weighted by atomic mass is 10.1. The number of methoxy groups -OCH3 is 2. The van der Waals surface area contributed by atoms with Gasteiger partial charge in [0.05, 0.1) is 46.5 Å². The highest BCUT2D eigenvalue weighted by Gasteiger charge is 2.17. The number of rotatable bonds is 7. The summed E-state index contributed by atoms with van der Waals surface area (Å²) < 4.78 is 14.6. The molecule has 2 N–H and O–H groups in total. The lowest BCUT2D eigenvalue weighted by Crippen LogP contribution is -2.16. The van der Waals surface area contributed by atoms with Gasteiger partial charge in [0.15, 0.2) is 6.61 Å². The Hall–Kier alpha value is -4.08. The summed E-state index contributed by atoms with van der Waals surface area (Å²) in [5.74, 6) is -0.888. The van der Waals surface area contributed by atoms with Crippen LogP contribution in [0.25, 0.3) is 22.4 Å². The van der Waals surface area contributed by atoms with Gasteiger partial charge in [-0.25, -0.2) is 14.6 Å². The predicted molar refractivity (Wildman–Crippen MR) is 135 cm³/mol. The number of nitrogens with one attached hydrogen (secondary N) is 2. The number of aromatic amines is 1. The molecule has 0 unspecified atom stereocenters. The van der Waals surface area contributed by atoms with Gasteiger partial charge in [0.2, 0.25) is 0 Å². The third kappa shape index (κ3) is 5.42. The van der Waals surface area contributed by atoms with Crippen molar-refractivity contribution in [2.24, 2.45) is 0 Å². The maximum Gasteiger partial charge on any atom is 0.343 e. The number of fused-ring (bicyclic) bond motifs is 1. The summed E-state index contributed by atoms with van der Waals surface area (Å²) in [5.41, 5.74) is 2.77. The van der Waals surface area contributed by atoms with E-state index in [0.717, 1.165) is 11.1 Å². The first-order valence-electron chi connectivity index (χ1n) is 10.5. The summed E-state index contributed by atoms with van der Waals surface area (Å²) in [5, 5.41) is 3.52. The second kappa shape index (κ2) is 10.7. The van der Waals surface area contributed by atoms with Crippen LogP contribution in [0.1, 0.15) is 20.7 Å². The van der Waals surface area contributed by atoms with Gasteiger partial charge in [0.25, 0.3) is 5.91 Å². The predicted octanol–water partition coefficient (Wildman–Crippen LogP) is 5.13. The number of imidazole rings is 1. The first kappa shape index (κ1) is 25.0. The minimum absolute atomic E-state index is 0.0597. The molecule has 0 bridgehead atoms. The third-order valence-electron chi connectivity index (χ3n) is 5.17. The van der Waals surface area contributed by atoms with Crippen molar-refractivity contribution in [1.29, 1.82) is 0 Å². The maximum absolute atomic E-state index is 12.9. The summed E-state index contributed by atoms with van der Waals surface area (Å²) in [7, 11) is 2.45. The number of H-pyrrole nitrogens is 1. The zero-order valence-corrected chi connectivity index (χ0v) is 20.6. The molecule has 0 saturated carbocycles. The van der Waals surface area contributed by atoms with Crippen LogP contribution in [0.3, 0.4) is 0 Å². The van der Waals surface area contributed by atoms with Crippen molar-refractivity contribution in [3.63, 3.8) is 0 Å². The molecule has 1 amide bonds. The van der Waals surface area contributed by atoms with E-state index in [0.29, 0.717) is 26.9 Å². The van der Waals surface area contributed by atoms with E-state index in [1.807, 2.05) is 0 Å². The fraction of sp³-hybridized carbons (Fsp3) is 0.120. The molecule has 36 heavy (non-hydrogen) atoms. The van der Waals surface area contributed by atoms with Gasteiger partial charge in [-0.3, -0.25) is 4.79 Å². The monoisotopic (exact) mass is 527 g/mol. The number of benzene rings is 3. The minimum atomic E-state index is -0.686. The first-order valence-corrected chi connectivity index (χ1v) is 11.2. The molecule has 4 rings (SSSR count). The molecule has 1 aromatic heterocycles. The SMILES string of the molecule is COC(=O)COc1ccc(NC(=O)c2ccc(-c3nc4cc(Cl)c(Cl)cc4[nH]3)cc2)c(C(=O)OC)c1. The van der Waals surface area contributed by atoms with Crippen molar-refractivity contribution >= 4 is 57.8 Å². The minimum Gasteiger partial charge on any atom is -0.482 e. The van der Waals surface area contributed by atoms with Crippen LogP contribution < -0.4 is 10.1 Å². The molecule has 0 saturated heterocycles.